The third kappa shape index (κ3) is 53.8. The van der Waals surface area contributed by atoms with Crippen molar-refractivity contribution < 1.29 is 28.6 Å². The van der Waals surface area contributed by atoms with Crippen molar-refractivity contribution in [1.29, 1.82) is 0 Å². The lowest BCUT2D eigenvalue weighted by molar-refractivity contribution is -0.167. The summed E-state index contributed by atoms with van der Waals surface area (Å²) in [7, 11) is 0. The van der Waals surface area contributed by atoms with Crippen molar-refractivity contribution in [3.63, 3.8) is 0 Å². The highest BCUT2D eigenvalue weighted by atomic mass is 16.6. The molecule has 6 nitrogen and oxygen atoms in total. The summed E-state index contributed by atoms with van der Waals surface area (Å²) in [6, 6.07) is 0. The van der Waals surface area contributed by atoms with Gasteiger partial charge < -0.3 is 14.2 Å². The Balaban J connectivity index is 4.30. The summed E-state index contributed by atoms with van der Waals surface area (Å²) in [5, 5.41) is 0. The summed E-state index contributed by atoms with van der Waals surface area (Å²) < 4.78 is 16.9. The Bertz CT molecular complexity index is 1060. The van der Waals surface area contributed by atoms with Crippen LogP contribution in [0.3, 0.4) is 0 Å². The van der Waals surface area contributed by atoms with E-state index in [1.54, 1.807) is 0 Å². The Morgan fingerprint density at radius 1 is 0.294 bits per heavy atom. The van der Waals surface area contributed by atoms with Gasteiger partial charge >= 0.3 is 17.9 Å². The lowest BCUT2D eigenvalue weighted by Crippen LogP contribution is -2.30. The predicted molar refractivity (Wildman–Crippen MR) is 293 cm³/mol. The van der Waals surface area contributed by atoms with Gasteiger partial charge in [0.25, 0.3) is 0 Å². The molecule has 0 bridgehead atoms. The van der Waals surface area contributed by atoms with Crippen LogP contribution in [0, 0.1) is 17.8 Å². The van der Waals surface area contributed by atoms with Gasteiger partial charge in [0, 0.05) is 19.3 Å². The van der Waals surface area contributed by atoms with Crippen LogP contribution in [0.4, 0.5) is 0 Å². The van der Waals surface area contributed by atoms with Crippen LogP contribution in [0.15, 0.2) is 0 Å². The molecular formula is C62H120O6. The summed E-state index contributed by atoms with van der Waals surface area (Å²) in [5.74, 6) is 1.73. The zero-order chi connectivity index (χ0) is 49.8. The maximum Gasteiger partial charge on any atom is 0.306 e. The number of unbranched alkanes of at least 4 members (excludes halogenated alkanes) is 37. The quantitative estimate of drug-likeness (QED) is 0.0343. The van der Waals surface area contributed by atoms with Crippen molar-refractivity contribution in [3.05, 3.63) is 0 Å². The van der Waals surface area contributed by atoms with Crippen LogP contribution >= 0.6 is 0 Å². The minimum Gasteiger partial charge on any atom is -0.462 e. The molecule has 0 saturated carbocycles. The first kappa shape index (κ1) is 66.4. The Kier molecular flexibility index (Phi) is 52.0. The van der Waals surface area contributed by atoms with Crippen molar-refractivity contribution in [2.24, 2.45) is 17.8 Å². The minimum atomic E-state index is -0.764. The molecule has 0 aliphatic rings. The zero-order valence-electron chi connectivity index (χ0n) is 46.9. The number of rotatable bonds is 55. The van der Waals surface area contributed by atoms with Gasteiger partial charge in [-0.15, -0.1) is 0 Å². The molecule has 0 fully saturated rings. The second-order valence-electron chi connectivity index (χ2n) is 22.5. The minimum absolute atomic E-state index is 0.0630. The molecule has 0 aliphatic carbocycles. The molecule has 0 rings (SSSR count). The van der Waals surface area contributed by atoms with Gasteiger partial charge in [-0.25, -0.2) is 0 Å². The van der Waals surface area contributed by atoms with Gasteiger partial charge in [0.05, 0.1) is 0 Å². The number of esters is 3. The predicted octanol–water partition coefficient (Wildman–Crippen LogP) is 20.3. The van der Waals surface area contributed by atoms with E-state index in [-0.39, 0.29) is 31.1 Å². The Morgan fingerprint density at radius 2 is 0.515 bits per heavy atom. The Hall–Kier alpha value is -1.59. The van der Waals surface area contributed by atoms with Crippen LogP contribution in [-0.2, 0) is 28.6 Å². The molecule has 0 aromatic heterocycles. The van der Waals surface area contributed by atoms with Crippen molar-refractivity contribution in [3.8, 4) is 0 Å². The van der Waals surface area contributed by atoms with Gasteiger partial charge in [-0.2, -0.15) is 0 Å². The van der Waals surface area contributed by atoms with E-state index in [0.29, 0.717) is 19.3 Å². The molecule has 0 saturated heterocycles. The molecule has 2 atom stereocenters. The van der Waals surface area contributed by atoms with Crippen molar-refractivity contribution in [2.45, 2.75) is 349 Å². The number of hydrogen-bond donors (Lipinski definition) is 0. The fourth-order valence-corrected chi connectivity index (χ4v) is 9.50. The highest BCUT2D eigenvalue weighted by Gasteiger charge is 2.19. The maximum atomic E-state index is 12.9. The second kappa shape index (κ2) is 53.2. The molecule has 0 aromatic rings. The van der Waals surface area contributed by atoms with E-state index >= 15 is 0 Å². The molecule has 0 spiro atoms. The van der Waals surface area contributed by atoms with E-state index in [1.165, 1.54) is 225 Å². The van der Waals surface area contributed by atoms with Gasteiger partial charge in [-0.3, -0.25) is 14.4 Å². The molecule has 0 aromatic carbocycles. The van der Waals surface area contributed by atoms with E-state index in [4.69, 9.17) is 14.2 Å². The number of ether oxygens (including phenoxy) is 3. The summed E-state index contributed by atoms with van der Waals surface area (Å²) in [6.07, 6.45) is 56.6. The third-order valence-corrected chi connectivity index (χ3v) is 14.5. The number of carbonyl (C=O) groups excluding carboxylic acids is 3. The molecule has 1 unspecified atom stereocenters. The van der Waals surface area contributed by atoms with Gasteiger partial charge in [-0.05, 0) is 37.0 Å². The summed E-state index contributed by atoms with van der Waals surface area (Å²) in [6.45, 7) is 13.8. The average Bonchev–Trinajstić information content (AvgIpc) is 3.31. The highest BCUT2D eigenvalue weighted by Crippen LogP contribution is 2.19. The third-order valence-electron chi connectivity index (χ3n) is 14.5. The van der Waals surface area contributed by atoms with E-state index in [1.807, 2.05) is 0 Å². The largest absolute Gasteiger partial charge is 0.462 e. The molecule has 404 valence electrons. The average molecular weight is 962 g/mol. The van der Waals surface area contributed by atoms with E-state index in [9.17, 15) is 14.4 Å². The second-order valence-corrected chi connectivity index (χ2v) is 22.5. The molecule has 0 heterocycles. The lowest BCUT2D eigenvalue weighted by Gasteiger charge is -2.18. The molecular weight excluding hydrogens is 841 g/mol. The Morgan fingerprint density at radius 3 is 0.765 bits per heavy atom. The normalized spacial score (nSPS) is 12.5. The van der Waals surface area contributed by atoms with Crippen LogP contribution < -0.4 is 0 Å². The fourth-order valence-electron chi connectivity index (χ4n) is 9.50. The van der Waals surface area contributed by atoms with Gasteiger partial charge in [0.15, 0.2) is 6.10 Å². The fraction of sp³-hybridized carbons (Fsp3) is 0.952. The van der Waals surface area contributed by atoms with Crippen molar-refractivity contribution in [1.82, 2.24) is 0 Å². The SMILES string of the molecule is CCC(C)CCCCCCCCCCCCC(=O)OC[C@@H](COC(=O)CCCCCCCCCCCCCCCCCC(C)C)OC(=O)CCCCCCCCCCCCCCCCCC(C)C. The van der Waals surface area contributed by atoms with E-state index in [0.717, 1.165) is 75.5 Å². The lowest BCUT2D eigenvalue weighted by atomic mass is 9.99. The smallest absolute Gasteiger partial charge is 0.306 e. The van der Waals surface area contributed by atoms with Crippen molar-refractivity contribution in [2.75, 3.05) is 13.2 Å². The zero-order valence-corrected chi connectivity index (χ0v) is 46.9. The highest BCUT2D eigenvalue weighted by molar-refractivity contribution is 5.71. The van der Waals surface area contributed by atoms with Gasteiger partial charge in [0.1, 0.15) is 13.2 Å². The summed E-state index contributed by atoms with van der Waals surface area (Å²) in [4.78, 5) is 38.2. The first-order chi connectivity index (χ1) is 33.1. The molecule has 0 radical (unpaired) electrons. The van der Waals surface area contributed by atoms with Crippen LogP contribution in [0.5, 0.6) is 0 Å². The standard InChI is InChI=1S/C62H120O6/c1-7-58(6)50-44-38-32-26-22-23-28-34-40-46-52-61(64)67-55-59(68-62(65)53-47-41-35-29-21-17-13-9-11-15-19-25-31-37-43-49-57(4)5)54-66-60(63)51-45-39-33-27-20-16-12-8-10-14-18-24-30-36-42-48-56(2)3/h56-59H,7-55H2,1-6H3/t58?,59-/m1/s1. The van der Waals surface area contributed by atoms with Crippen LogP contribution in [0.1, 0.15) is 343 Å². The molecule has 0 amide bonds. The molecule has 6 heteroatoms. The van der Waals surface area contributed by atoms with Gasteiger partial charge in [-0.1, -0.05) is 305 Å². The van der Waals surface area contributed by atoms with Crippen LogP contribution in [0.2, 0.25) is 0 Å². The number of carbonyl (C=O) groups is 3. The van der Waals surface area contributed by atoms with Gasteiger partial charge in [0.2, 0.25) is 0 Å². The summed E-state index contributed by atoms with van der Waals surface area (Å²) in [5.41, 5.74) is 0. The monoisotopic (exact) mass is 961 g/mol. The molecule has 0 aliphatic heterocycles. The first-order valence-electron chi connectivity index (χ1n) is 30.6. The summed E-state index contributed by atoms with van der Waals surface area (Å²) >= 11 is 0. The first-order valence-corrected chi connectivity index (χ1v) is 30.6. The van der Waals surface area contributed by atoms with Crippen LogP contribution in [0.25, 0.3) is 0 Å². The van der Waals surface area contributed by atoms with Crippen molar-refractivity contribution >= 4 is 17.9 Å². The topological polar surface area (TPSA) is 78.9 Å². The van der Waals surface area contributed by atoms with Crippen LogP contribution in [-0.4, -0.2) is 37.2 Å². The van der Waals surface area contributed by atoms with E-state index in [2.05, 4.69) is 41.5 Å². The Labute approximate surface area is 425 Å². The molecule has 0 N–H and O–H groups in total. The molecule has 68 heavy (non-hydrogen) atoms. The van der Waals surface area contributed by atoms with E-state index < -0.39 is 6.10 Å². The maximum absolute atomic E-state index is 12.9. The number of hydrogen-bond acceptors (Lipinski definition) is 6.